The number of ether oxygens (including phenoxy) is 1. The number of nitrogens with two attached hydrogens (primary N) is 1. The van der Waals surface area contributed by atoms with Gasteiger partial charge >= 0.3 is 5.97 Å². The largest absolute Gasteiger partial charge is 0.466 e. The third-order valence-corrected chi connectivity index (χ3v) is 3.82. The second kappa shape index (κ2) is 6.65. The van der Waals surface area contributed by atoms with Gasteiger partial charge in [0, 0.05) is 25.2 Å². The van der Waals surface area contributed by atoms with Crippen LogP contribution in [-0.2, 0) is 16.1 Å². The van der Waals surface area contributed by atoms with Crippen molar-refractivity contribution in [2.45, 2.75) is 30.3 Å². The van der Waals surface area contributed by atoms with Crippen molar-refractivity contribution in [3.63, 3.8) is 0 Å². The minimum atomic E-state index is -0.304. The van der Waals surface area contributed by atoms with E-state index in [1.54, 1.807) is 6.20 Å². The van der Waals surface area contributed by atoms with E-state index in [4.69, 9.17) is 14.9 Å². The number of imidazole rings is 1. The number of aromatic nitrogens is 5. The Bertz CT molecular complexity index is 817. The molecule has 0 unspecified atom stereocenters. The fourth-order valence-corrected chi connectivity index (χ4v) is 2.79. The van der Waals surface area contributed by atoms with Gasteiger partial charge in [-0.15, -0.1) is 0 Å². The number of fused-ring (bicyclic) bond motifs is 1. The first-order valence-corrected chi connectivity index (χ1v) is 7.64. The highest BCUT2D eigenvalue weighted by molar-refractivity contribution is 7.99. The minimum absolute atomic E-state index is 0.304. The lowest BCUT2D eigenvalue weighted by Crippen LogP contribution is -2.07. The van der Waals surface area contributed by atoms with E-state index in [1.807, 2.05) is 4.57 Å². The smallest absolute Gasteiger partial charge is 0.302 e. The molecule has 0 atom stereocenters. The third-order valence-electron chi connectivity index (χ3n) is 2.94. The Morgan fingerprint density at radius 3 is 3.04 bits per heavy atom. The fraction of sp³-hybridized carbons (Fsp3) is 0.308. The molecule has 0 saturated carbocycles. The van der Waals surface area contributed by atoms with Crippen LogP contribution in [0.5, 0.6) is 0 Å². The molecule has 0 radical (unpaired) electrons. The highest BCUT2D eigenvalue weighted by atomic mass is 32.2. The molecule has 9 nitrogen and oxygen atoms in total. The van der Waals surface area contributed by atoms with Crippen molar-refractivity contribution in [1.29, 1.82) is 0 Å². The number of hydrogen-bond donors (Lipinski definition) is 1. The van der Waals surface area contributed by atoms with E-state index in [2.05, 4.69) is 19.9 Å². The SMILES string of the molecule is CC(=O)OCCCn1c(Sc2ncco2)nc2c(N)ncnc21. The molecule has 0 aliphatic rings. The molecule has 0 aromatic carbocycles. The van der Waals surface area contributed by atoms with Crippen LogP contribution >= 0.6 is 11.8 Å². The zero-order valence-electron chi connectivity index (χ0n) is 12.3. The van der Waals surface area contributed by atoms with Crippen LogP contribution in [0.3, 0.4) is 0 Å². The molecule has 10 heteroatoms. The molecule has 120 valence electrons. The average molecular weight is 334 g/mol. The monoisotopic (exact) mass is 334 g/mol. The number of aryl methyl sites for hydroxylation is 1. The number of rotatable bonds is 6. The Hall–Kier alpha value is -2.62. The molecular formula is C13H14N6O3S. The average Bonchev–Trinajstić information content (AvgIpc) is 3.13. The van der Waals surface area contributed by atoms with Gasteiger partial charge < -0.3 is 19.5 Å². The number of nitrogens with zero attached hydrogens (tertiary/aromatic N) is 5. The first kappa shape index (κ1) is 15.3. The second-order valence-corrected chi connectivity index (χ2v) is 5.49. The van der Waals surface area contributed by atoms with Crippen LogP contribution in [0, 0.1) is 0 Å². The number of nitrogen functional groups attached to an aromatic ring is 1. The predicted molar refractivity (Wildman–Crippen MR) is 81.6 cm³/mol. The van der Waals surface area contributed by atoms with Gasteiger partial charge in [-0.3, -0.25) is 4.79 Å². The third kappa shape index (κ3) is 3.42. The molecule has 0 fully saturated rings. The van der Waals surface area contributed by atoms with E-state index < -0.39 is 0 Å². The van der Waals surface area contributed by atoms with Gasteiger partial charge in [-0.05, 0) is 6.42 Å². The molecule has 0 saturated heterocycles. The van der Waals surface area contributed by atoms with Gasteiger partial charge in [-0.25, -0.2) is 19.9 Å². The van der Waals surface area contributed by atoms with Gasteiger partial charge in [-0.2, -0.15) is 0 Å². The van der Waals surface area contributed by atoms with Crippen LogP contribution < -0.4 is 5.73 Å². The minimum Gasteiger partial charge on any atom is -0.466 e. The number of carbonyl (C=O) groups excluding carboxylic acids is 1. The molecule has 3 rings (SSSR count). The summed E-state index contributed by atoms with van der Waals surface area (Å²) in [5, 5.41) is 1.10. The van der Waals surface area contributed by atoms with Gasteiger partial charge in [0.25, 0.3) is 5.22 Å². The van der Waals surface area contributed by atoms with Crippen LogP contribution in [0.15, 0.2) is 33.6 Å². The second-order valence-electron chi connectivity index (χ2n) is 4.57. The summed E-state index contributed by atoms with van der Waals surface area (Å²) >= 11 is 1.26. The molecule has 0 bridgehead atoms. The van der Waals surface area contributed by atoms with E-state index in [0.29, 0.717) is 46.9 Å². The lowest BCUT2D eigenvalue weighted by atomic mass is 10.4. The number of hydrogen-bond acceptors (Lipinski definition) is 9. The predicted octanol–water partition coefficient (Wildman–Crippen LogP) is 1.50. The van der Waals surface area contributed by atoms with E-state index in [-0.39, 0.29) is 5.97 Å². The molecule has 0 spiro atoms. The van der Waals surface area contributed by atoms with Crippen molar-refractivity contribution >= 4 is 34.7 Å². The summed E-state index contributed by atoms with van der Waals surface area (Å²) in [6.45, 7) is 2.26. The number of carbonyl (C=O) groups is 1. The molecule has 2 N–H and O–H groups in total. The maximum absolute atomic E-state index is 10.8. The van der Waals surface area contributed by atoms with Crippen molar-refractivity contribution < 1.29 is 13.9 Å². The zero-order valence-corrected chi connectivity index (χ0v) is 13.1. The van der Waals surface area contributed by atoms with Gasteiger partial charge in [0.15, 0.2) is 22.1 Å². The number of oxazole rings is 1. The van der Waals surface area contributed by atoms with E-state index in [9.17, 15) is 4.79 Å². The lowest BCUT2D eigenvalue weighted by Gasteiger charge is -2.07. The molecular weight excluding hydrogens is 320 g/mol. The maximum atomic E-state index is 10.8. The van der Waals surface area contributed by atoms with Crippen molar-refractivity contribution in [3.8, 4) is 0 Å². The number of anilines is 1. The Kier molecular flexibility index (Phi) is 4.42. The Morgan fingerprint density at radius 2 is 2.30 bits per heavy atom. The van der Waals surface area contributed by atoms with Crippen molar-refractivity contribution in [2.75, 3.05) is 12.3 Å². The maximum Gasteiger partial charge on any atom is 0.302 e. The molecule has 0 aliphatic heterocycles. The summed E-state index contributed by atoms with van der Waals surface area (Å²) in [6.07, 6.45) is 5.06. The molecule has 0 amide bonds. The summed E-state index contributed by atoms with van der Waals surface area (Å²) in [5.41, 5.74) is 7.00. The quantitative estimate of drug-likeness (QED) is 0.527. The molecule has 3 aromatic heterocycles. The summed E-state index contributed by atoms with van der Waals surface area (Å²) in [4.78, 5) is 27.6. The molecule has 23 heavy (non-hydrogen) atoms. The van der Waals surface area contributed by atoms with E-state index >= 15 is 0 Å². The summed E-state index contributed by atoms with van der Waals surface area (Å²) in [6, 6.07) is 0. The van der Waals surface area contributed by atoms with Crippen molar-refractivity contribution in [2.24, 2.45) is 0 Å². The summed E-state index contributed by atoms with van der Waals surface area (Å²) in [5.74, 6) is 0.00410. The first-order valence-electron chi connectivity index (χ1n) is 6.82. The van der Waals surface area contributed by atoms with Gasteiger partial charge in [0.05, 0.1) is 12.8 Å². The van der Waals surface area contributed by atoms with Crippen molar-refractivity contribution in [3.05, 3.63) is 18.8 Å². The van der Waals surface area contributed by atoms with Gasteiger partial charge in [0.1, 0.15) is 12.6 Å². The van der Waals surface area contributed by atoms with Gasteiger partial charge in [-0.1, -0.05) is 0 Å². The van der Waals surface area contributed by atoms with Crippen LogP contribution in [0.25, 0.3) is 11.2 Å². The fourth-order valence-electron chi connectivity index (χ4n) is 1.99. The lowest BCUT2D eigenvalue weighted by molar-refractivity contribution is -0.141. The Labute approximate surface area is 135 Å². The molecule has 0 aliphatic carbocycles. The van der Waals surface area contributed by atoms with Crippen LogP contribution in [0.1, 0.15) is 13.3 Å². The highest BCUT2D eigenvalue weighted by Gasteiger charge is 2.17. The normalized spacial score (nSPS) is 11.0. The molecule has 3 aromatic rings. The summed E-state index contributed by atoms with van der Waals surface area (Å²) in [7, 11) is 0. The van der Waals surface area contributed by atoms with Crippen LogP contribution in [0.2, 0.25) is 0 Å². The topological polar surface area (TPSA) is 122 Å². The zero-order chi connectivity index (χ0) is 16.2. The Morgan fingerprint density at radius 1 is 1.43 bits per heavy atom. The standard InChI is InChI=1S/C13H14N6O3S/c1-8(20)21-5-2-4-19-11-9(10(14)16-7-17-11)18-12(19)23-13-15-3-6-22-13/h3,6-7H,2,4-5H2,1H3,(H2,14,16,17). The van der Waals surface area contributed by atoms with E-state index in [0.717, 1.165) is 0 Å². The first-order chi connectivity index (χ1) is 11.1. The van der Waals surface area contributed by atoms with E-state index in [1.165, 1.54) is 31.3 Å². The number of esters is 1. The Balaban J connectivity index is 1.88. The van der Waals surface area contributed by atoms with Gasteiger partial charge in [0.2, 0.25) is 0 Å². The summed E-state index contributed by atoms with van der Waals surface area (Å²) < 4.78 is 12.1. The highest BCUT2D eigenvalue weighted by Crippen LogP contribution is 2.29. The van der Waals surface area contributed by atoms with Crippen LogP contribution in [-0.4, -0.2) is 37.1 Å². The molecule has 3 heterocycles. The van der Waals surface area contributed by atoms with Crippen molar-refractivity contribution in [1.82, 2.24) is 24.5 Å². The van der Waals surface area contributed by atoms with Crippen LogP contribution in [0.4, 0.5) is 5.82 Å².